The maximum absolute atomic E-state index is 2.13. The maximum Gasteiger partial charge on any atom is 0.182 e. The van der Waals surface area contributed by atoms with Crippen LogP contribution in [0, 0.1) is 0 Å². The first kappa shape index (κ1) is 10.7. The van der Waals surface area contributed by atoms with Gasteiger partial charge in [0.05, 0.1) is 0 Å². The molecule has 0 aliphatic rings. The van der Waals surface area contributed by atoms with Crippen LogP contribution in [-0.2, 0) is 0 Å². The fourth-order valence-electron chi connectivity index (χ4n) is 1.98. The molecule has 86 valence electrons. The van der Waals surface area contributed by atoms with Crippen LogP contribution in [0.15, 0.2) is 73.1 Å². The van der Waals surface area contributed by atoms with E-state index >= 15 is 0 Å². The SMILES string of the molecule is C(=C/[n+]1ccc2ccccc2c1)/c1ccccc1. The number of rotatable bonds is 2. The predicted octanol–water partition coefficient (Wildman–Crippen LogP) is 3.76. The standard InChI is InChI=1S/C17H14N/c1-2-6-15(7-3-1)10-12-18-13-11-16-8-4-5-9-17(16)14-18/h1-14H/q+1/b12-10-. The van der Waals surface area contributed by atoms with Crippen molar-refractivity contribution in [2.75, 3.05) is 0 Å². The molecule has 18 heavy (non-hydrogen) atoms. The van der Waals surface area contributed by atoms with Gasteiger partial charge in [-0.25, -0.2) is 0 Å². The molecular formula is C17H14N+. The smallest absolute Gasteiger partial charge is 0.173 e. The van der Waals surface area contributed by atoms with E-state index in [4.69, 9.17) is 0 Å². The van der Waals surface area contributed by atoms with E-state index < -0.39 is 0 Å². The van der Waals surface area contributed by atoms with Crippen LogP contribution >= 0.6 is 0 Å². The lowest BCUT2D eigenvalue weighted by atomic mass is 10.2. The van der Waals surface area contributed by atoms with E-state index in [1.807, 2.05) is 18.2 Å². The van der Waals surface area contributed by atoms with Crippen LogP contribution < -0.4 is 4.57 Å². The van der Waals surface area contributed by atoms with Crippen molar-refractivity contribution in [3.8, 4) is 0 Å². The van der Waals surface area contributed by atoms with Crippen LogP contribution in [0.5, 0.6) is 0 Å². The first-order valence-electron chi connectivity index (χ1n) is 6.05. The van der Waals surface area contributed by atoms with Crippen molar-refractivity contribution in [3.05, 3.63) is 78.6 Å². The molecule has 0 atom stereocenters. The summed E-state index contributed by atoms with van der Waals surface area (Å²) in [5.74, 6) is 0. The molecule has 3 rings (SSSR count). The molecule has 0 amide bonds. The van der Waals surface area contributed by atoms with Crippen LogP contribution in [-0.4, -0.2) is 0 Å². The van der Waals surface area contributed by atoms with Crippen molar-refractivity contribution in [1.82, 2.24) is 0 Å². The van der Waals surface area contributed by atoms with Gasteiger partial charge in [0.15, 0.2) is 18.6 Å². The first-order valence-corrected chi connectivity index (χ1v) is 6.05. The van der Waals surface area contributed by atoms with Gasteiger partial charge in [0.25, 0.3) is 0 Å². The highest BCUT2D eigenvalue weighted by molar-refractivity contribution is 5.80. The largest absolute Gasteiger partial charge is 0.182 e. The average Bonchev–Trinajstić information content (AvgIpc) is 2.46. The Balaban J connectivity index is 1.93. The van der Waals surface area contributed by atoms with Gasteiger partial charge in [-0.05, 0) is 17.0 Å². The second kappa shape index (κ2) is 4.84. The topological polar surface area (TPSA) is 3.88 Å². The Morgan fingerprint density at radius 1 is 0.722 bits per heavy atom. The van der Waals surface area contributed by atoms with E-state index in [2.05, 4.69) is 71.7 Å². The van der Waals surface area contributed by atoms with E-state index in [0.717, 1.165) is 0 Å². The van der Waals surface area contributed by atoms with E-state index in [9.17, 15) is 0 Å². The minimum atomic E-state index is 1.21. The third-order valence-corrected chi connectivity index (χ3v) is 2.95. The highest BCUT2D eigenvalue weighted by Crippen LogP contribution is 2.09. The predicted molar refractivity (Wildman–Crippen MR) is 75.8 cm³/mol. The summed E-state index contributed by atoms with van der Waals surface area (Å²) in [6, 6.07) is 20.8. The van der Waals surface area contributed by atoms with E-state index in [-0.39, 0.29) is 0 Å². The zero-order valence-electron chi connectivity index (χ0n) is 10.0. The normalized spacial score (nSPS) is 11.1. The molecule has 0 radical (unpaired) electrons. The zero-order valence-corrected chi connectivity index (χ0v) is 10.0. The Labute approximate surface area is 107 Å². The van der Waals surface area contributed by atoms with Gasteiger partial charge >= 0.3 is 0 Å². The summed E-state index contributed by atoms with van der Waals surface area (Å²) in [7, 11) is 0. The molecule has 0 saturated heterocycles. The lowest BCUT2D eigenvalue weighted by Crippen LogP contribution is -2.23. The number of aromatic nitrogens is 1. The van der Waals surface area contributed by atoms with Crippen molar-refractivity contribution < 1.29 is 4.57 Å². The zero-order chi connectivity index (χ0) is 12.2. The third kappa shape index (κ3) is 2.30. The Bertz CT molecular complexity index is 684. The number of hydrogen-bond donors (Lipinski definition) is 0. The molecule has 3 aromatic rings. The Morgan fingerprint density at radius 2 is 1.44 bits per heavy atom. The summed E-state index contributed by atoms with van der Waals surface area (Å²) >= 11 is 0. The Hall–Kier alpha value is -2.41. The van der Waals surface area contributed by atoms with E-state index in [1.165, 1.54) is 16.3 Å². The van der Waals surface area contributed by atoms with Gasteiger partial charge < -0.3 is 0 Å². The van der Waals surface area contributed by atoms with Crippen LogP contribution in [0.3, 0.4) is 0 Å². The van der Waals surface area contributed by atoms with Crippen LogP contribution in [0.1, 0.15) is 5.56 Å². The van der Waals surface area contributed by atoms with Crippen molar-refractivity contribution in [2.45, 2.75) is 0 Å². The minimum Gasteiger partial charge on any atom is -0.173 e. The van der Waals surface area contributed by atoms with Crippen molar-refractivity contribution in [3.63, 3.8) is 0 Å². The molecule has 0 fully saturated rings. The number of benzene rings is 2. The fourth-order valence-corrected chi connectivity index (χ4v) is 1.98. The molecule has 1 heteroatoms. The molecule has 1 nitrogen and oxygen atoms in total. The maximum atomic E-state index is 2.13. The number of hydrogen-bond acceptors (Lipinski definition) is 0. The van der Waals surface area contributed by atoms with Gasteiger partial charge in [-0.15, -0.1) is 0 Å². The van der Waals surface area contributed by atoms with Crippen molar-refractivity contribution in [1.29, 1.82) is 0 Å². The van der Waals surface area contributed by atoms with Gasteiger partial charge in [0, 0.05) is 17.5 Å². The summed E-state index contributed by atoms with van der Waals surface area (Å²) in [6.45, 7) is 0. The molecule has 0 bridgehead atoms. The van der Waals surface area contributed by atoms with Crippen LogP contribution in [0.4, 0.5) is 0 Å². The second-order valence-corrected chi connectivity index (χ2v) is 4.25. The van der Waals surface area contributed by atoms with E-state index in [0.29, 0.717) is 0 Å². The molecule has 0 N–H and O–H groups in total. The number of nitrogens with zero attached hydrogens (tertiary/aromatic N) is 1. The summed E-state index contributed by atoms with van der Waals surface area (Å²) < 4.78 is 2.08. The first-order chi connectivity index (χ1) is 8.92. The molecular weight excluding hydrogens is 218 g/mol. The Kier molecular flexibility index (Phi) is 2.89. The second-order valence-electron chi connectivity index (χ2n) is 4.25. The minimum absolute atomic E-state index is 1.21. The molecule has 0 unspecified atom stereocenters. The summed E-state index contributed by atoms with van der Waals surface area (Å²) in [6.07, 6.45) is 8.38. The molecule has 2 aromatic carbocycles. The fraction of sp³-hybridized carbons (Fsp3) is 0. The number of pyridine rings is 1. The van der Waals surface area contributed by atoms with Gasteiger partial charge in [-0.2, -0.15) is 4.57 Å². The lowest BCUT2D eigenvalue weighted by molar-refractivity contribution is -0.565. The van der Waals surface area contributed by atoms with Gasteiger partial charge in [-0.3, -0.25) is 0 Å². The average molecular weight is 232 g/mol. The van der Waals surface area contributed by atoms with Crippen molar-refractivity contribution >= 4 is 23.0 Å². The van der Waals surface area contributed by atoms with Gasteiger partial charge in [-0.1, -0.05) is 48.5 Å². The molecule has 0 aliphatic carbocycles. The highest BCUT2D eigenvalue weighted by Gasteiger charge is 1.98. The third-order valence-electron chi connectivity index (χ3n) is 2.95. The summed E-state index contributed by atoms with van der Waals surface area (Å²) in [5, 5.41) is 2.51. The lowest BCUT2D eigenvalue weighted by Gasteiger charge is -1.94. The summed E-state index contributed by atoms with van der Waals surface area (Å²) in [4.78, 5) is 0. The molecule has 0 aliphatic heterocycles. The molecule has 0 spiro atoms. The molecule has 1 heterocycles. The highest BCUT2D eigenvalue weighted by atomic mass is 14.9. The molecule has 1 aromatic heterocycles. The van der Waals surface area contributed by atoms with Crippen molar-refractivity contribution in [2.24, 2.45) is 0 Å². The number of fused-ring (bicyclic) bond motifs is 1. The Morgan fingerprint density at radius 3 is 2.28 bits per heavy atom. The summed E-state index contributed by atoms with van der Waals surface area (Å²) in [5.41, 5.74) is 1.21. The van der Waals surface area contributed by atoms with Gasteiger partial charge in [0.1, 0.15) is 0 Å². The van der Waals surface area contributed by atoms with Crippen LogP contribution in [0.25, 0.3) is 23.0 Å². The van der Waals surface area contributed by atoms with Gasteiger partial charge in [0.2, 0.25) is 0 Å². The van der Waals surface area contributed by atoms with E-state index in [1.54, 1.807) is 0 Å². The van der Waals surface area contributed by atoms with Crippen LogP contribution in [0.2, 0.25) is 0 Å². The molecule has 0 saturated carbocycles. The quantitative estimate of drug-likeness (QED) is 0.592. The monoisotopic (exact) mass is 232 g/mol.